The average molecular weight is 320 g/mol. The second kappa shape index (κ2) is 7.50. The molecule has 102 valence electrons. The molecule has 0 bridgehead atoms. The predicted molar refractivity (Wildman–Crippen MR) is 72.9 cm³/mol. The molecule has 0 amide bonds. The van der Waals surface area contributed by atoms with Crippen molar-refractivity contribution in [3.8, 4) is 0 Å². The summed E-state index contributed by atoms with van der Waals surface area (Å²) in [5, 5.41) is 16.3. The van der Waals surface area contributed by atoms with Crippen molar-refractivity contribution >= 4 is 21.6 Å². The fourth-order valence-corrected chi connectivity index (χ4v) is 1.90. The largest absolute Gasteiger partial charge is 0.394 e. The molecule has 0 saturated carbocycles. The monoisotopic (exact) mass is 319 g/mol. The van der Waals surface area contributed by atoms with Crippen LogP contribution in [0, 0.1) is 0 Å². The van der Waals surface area contributed by atoms with Gasteiger partial charge < -0.3 is 15.2 Å². The van der Waals surface area contributed by atoms with Crippen LogP contribution in [-0.2, 0) is 11.3 Å². The number of rotatable bonds is 7. The number of hydrogen-bond donors (Lipinski definition) is 2. The first kappa shape index (κ1) is 15.1. The number of aryl methyl sites for hydroxylation is 1. The summed E-state index contributed by atoms with van der Waals surface area (Å²) in [6.07, 6.45) is 2.22. The van der Waals surface area contributed by atoms with Gasteiger partial charge in [-0.3, -0.25) is 4.79 Å². The van der Waals surface area contributed by atoms with E-state index in [1.54, 1.807) is 13.3 Å². The molecule has 7 heteroatoms. The molecule has 0 fully saturated rings. The molecular formula is C11H18BrN3O3. The molecule has 6 nitrogen and oxygen atoms in total. The van der Waals surface area contributed by atoms with Crippen molar-refractivity contribution in [2.24, 2.45) is 0 Å². The molecule has 18 heavy (non-hydrogen) atoms. The number of ether oxygens (including phenoxy) is 1. The number of anilines is 1. The van der Waals surface area contributed by atoms with Crippen LogP contribution in [0.5, 0.6) is 0 Å². The highest BCUT2D eigenvalue weighted by Gasteiger charge is 2.12. The molecule has 0 radical (unpaired) electrons. The van der Waals surface area contributed by atoms with Gasteiger partial charge in [-0.2, -0.15) is 5.10 Å². The number of aliphatic hydroxyl groups is 1. The van der Waals surface area contributed by atoms with Crippen molar-refractivity contribution in [1.82, 2.24) is 9.78 Å². The normalized spacial score (nSPS) is 12.4. The molecule has 0 spiro atoms. The van der Waals surface area contributed by atoms with E-state index in [1.165, 1.54) is 4.68 Å². The number of aliphatic hydroxyl groups excluding tert-OH is 1. The highest BCUT2D eigenvalue weighted by atomic mass is 79.9. The summed E-state index contributed by atoms with van der Waals surface area (Å²) in [4.78, 5) is 11.8. The fraction of sp³-hybridized carbons (Fsp3) is 0.636. The number of hydrogen-bond acceptors (Lipinski definition) is 5. The number of nitrogens with zero attached hydrogens (tertiary/aromatic N) is 2. The van der Waals surface area contributed by atoms with E-state index in [0.717, 1.165) is 0 Å². The minimum absolute atomic E-state index is 0.0351. The smallest absolute Gasteiger partial charge is 0.283 e. The zero-order chi connectivity index (χ0) is 13.5. The molecule has 2 N–H and O–H groups in total. The lowest BCUT2D eigenvalue weighted by molar-refractivity contribution is 0.174. The van der Waals surface area contributed by atoms with Gasteiger partial charge in [-0.05, 0) is 29.3 Å². The van der Waals surface area contributed by atoms with Gasteiger partial charge in [0, 0.05) is 20.3 Å². The van der Waals surface area contributed by atoms with Gasteiger partial charge in [-0.25, -0.2) is 4.68 Å². The first-order chi connectivity index (χ1) is 8.63. The summed E-state index contributed by atoms with van der Waals surface area (Å²) in [6, 6.07) is -0.167. The molecule has 0 aliphatic rings. The SMILES string of the molecule is CCn1ncc(NC(CO)CCOC)c(Br)c1=O. The van der Waals surface area contributed by atoms with Crippen molar-refractivity contribution in [3.63, 3.8) is 0 Å². The zero-order valence-electron chi connectivity index (χ0n) is 10.5. The summed E-state index contributed by atoms with van der Waals surface area (Å²) in [7, 11) is 1.61. The molecule has 0 saturated heterocycles. The molecule has 1 aromatic rings. The third kappa shape index (κ3) is 3.79. The lowest BCUT2D eigenvalue weighted by atomic mass is 10.2. The van der Waals surface area contributed by atoms with Crippen molar-refractivity contribution in [2.45, 2.75) is 25.9 Å². The lowest BCUT2D eigenvalue weighted by Gasteiger charge is -2.18. The Balaban J connectivity index is 2.84. The maximum Gasteiger partial charge on any atom is 0.283 e. The molecule has 0 aliphatic carbocycles. The van der Waals surface area contributed by atoms with Crippen molar-refractivity contribution in [2.75, 3.05) is 25.6 Å². The van der Waals surface area contributed by atoms with E-state index in [2.05, 4.69) is 26.3 Å². The van der Waals surface area contributed by atoms with Crippen molar-refractivity contribution in [3.05, 3.63) is 21.0 Å². The predicted octanol–water partition coefficient (Wildman–Crippen LogP) is 0.835. The Morgan fingerprint density at radius 1 is 1.67 bits per heavy atom. The highest BCUT2D eigenvalue weighted by Crippen LogP contribution is 2.17. The molecule has 1 heterocycles. The topological polar surface area (TPSA) is 76.4 Å². The number of aromatic nitrogens is 2. The van der Waals surface area contributed by atoms with Gasteiger partial charge in [0.2, 0.25) is 0 Å². The van der Waals surface area contributed by atoms with Gasteiger partial charge in [-0.15, -0.1) is 0 Å². The Morgan fingerprint density at radius 2 is 2.39 bits per heavy atom. The first-order valence-corrected chi connectivity index (χ1v) is 6.55. The van der Waals surface area contributed by atoms with Gasteiger partial charge in [0.05, 0.1) is 24.5 Å². The van der Waals surface area contributed by atoms with Gasteiger partial charge in [0.25, 0.3) is 5.56 Å². The van der Waals surface area contributed by atoms with Gasteiger partial charge >= 0.3 is 0 Å². The second-order valence-corrected chi connectivity index (χ2v) is 4.59. The number of halogens is 1. The molecule has 1 atom stereocenters. The summed E-state index contributed by atoms with van der Waals surface area (Å²) in [6.45, 7) is 2.87. The van der Waals surface area contributed by atoms with E-state index >= 15 is 0 Å². The van der Waals surface area contributed by atoms with Crippen LogP contribution in [0.2, 0.25) is 0 Å². The Bertz CT molecular complexity index is 436. The quantitative estimate of drug-likeness (QED) is 0.778. The minimum Gasteiger partial charge on any atom is -0.394 e. The average Bonchev–Trinajstić information content (AvgIpc) is 2.39. The van der Waals surface area contributed by atoms with E-state index in [1.807, 2.05) is 6.92 Å². The molecule has 0 aliphatic heterocycles. The molecule has 1 rings (SSSR count). The van der Waals surface area contributed by atoms with Crippen LogP contribution in [0.25, 0.3) is 0 Å². The Labute approximate surface area is 114 Å². The maximum absolute atomic E-state index is 11.8. The van der Waals surface area contributed by atoms with E-state index in [-0.39, 0.29) is 18.2 Å². The summed E-state index contributed by atoms with van der Waals surface area (Å²) in [5.74, 6) is 0. The highest BCUT2D eigenvalue weighted by molar-refractivity contribution is 9.10. The second-order valence-electron chi connectivity index (χ2n) is 3.80. The number of nitrogens with one attached hydrogen (secondary N) is 1. The van der Waals surface area contributed by atoms with Gasteiger partial charge in [0.15, 0.2) is 0 Å². The zero-order valence-corrected chi connectivity index (χ0v) is 12.1. The van der Waals surface area contributed by atoms with Crippen LogP contribution < -0.4 is 10.9 Å². The molecule has 1 aromatic heterocycles. The van der Waals surface area contributed by atoms with Gasteiger partial charge in [0.1, 0.15) is 4.47 Å². The van der Waals surface area contributed by atoms with Crippen LogP contribution in [0.4, 0.5) is 5.69 Å². The van der Waals surface area contributed by atoms with Crippen LogP contribution in [-0.4, -0.2) is 41.3 Å². The first-order valence-electron chi connectivity index (χ1n) is 5.76. The third-order valence-corrected chi connectivity index (χ3v) is 3.30. The molecular weight excluding hydrogens is 302 g/mol. The maximum atomic E-state index is 11.8. The summed E-state index contributed by atoms with van der Waals surface area (Å²) in [5.41, 5.74) is 0.394. The van der Waals surface area contributed by atoms with Crippen LogP contribution in [0.3, 0.4) is 0 Å². The van der Waals surface area contributed by atoms with Crippen LogP contribution in [0.1, 0.15) is 13.3 Å². The van der Waals surface area contributed by atoms with Gasteiger partial charge in [-0.1, -0.05) is 0 Å². The van der Waals surface area contributed by atoms with Crippen LogP contribution in [0.15, 0.2) is 15.5 Å². The minimum atomic E-state index is -0.189. The molecule has 1 unspecified atom stereocenters. The lowest BCUT2D eigenvalue weighted by Crippen LogP contribution is -2.29. The van der Waals surface area contributed by atoms with E-state index in [0.29, 0.717) is 29.7 Å². The van der Waals surface area contributed by atoms with Crippen molar-refractivity contribution < 1.29 is 9.84 Å². The summed E-state index contributed by atoms with van der Waals surface area (Å²) < 4.78 is 6.74. The Morgan fingerprint density at radius 3 is 2.94 bits per heavy atom. The standard InChI is InChI=1S/C11H18BrN3O3/c1-3-15-11(17)10(12)9(6-13-15)14-8(7-16)4-5-18-2/h6,8,14,16H,3-5,7H2,1-2H3. The Hall–Kier alpha value is -0.920. The number of methoxy groups -OCH3 is 1. The van der Waals surface area contributed by atoms with E-state index in [4.69, 9.17) is 4.74 Å². The summed E-state index contributed by atoms with van der Waals surface area (Å²) >= 11 is 3.25. The van der Waals surface area contributed by atoms with E-state index in [9.17, 15) is 9.90 Å². The van der Waals surface area contributed by atoms with Crippen LogP contribution >= 0.6 is 15.9 Å². The van der Waals surface area contributed by atoms with Crippen molar-refractivity contribution in [1.29, 1.82) is 0 Å². The molecule has 0 aromatic carbocycles. The van der Waals surface area contributed by atoms with E-state index < -0.39 is 0 Å². The Kier molecular flexibility index (Phi) is 6.31. The third-order valence-electron chi connectivity index (χ3n) is 2.53. The fourth-order valence-electron chi connectivity index (χ4n) is 1.48.